The minimum absolute atomic E-state index is 0.0217. The van der Waals surface area contributed by atoms with Crippen molar-refractivity contribution in [1.29, 1.82) is 0 Å². The van der Waals surface area contributed by atoms with Crippen molar-refractivity contribution < 1.29 is 79.0 Å². The Hall–Kier alpha value is -2.54. The zero-order valence-corrected chi connectivity index (χ0v) is 34.4. The Morgan fingerprint density at radius 1 is 0.690 bits per heavy atom. The fourth-order valence-electron chi connectivity index (χ4n) is 13.4. The van der Waals surface area contributed by atoms with E-state index in [0.29, 0.717) is 25.7 Å². The predicted octanol–water partition coefficient (Wildman–Crippen LogP) is 2.25. The Morgan fingerprint density at radius 2 is 1.28 bits per heavy atom. The van der Waals surface area contributed by atoms with Crippen molar-refractivity contribution in [2.75, 3.05) is 0 Å². The first-order valence-corrected chi connectivity index (χ1v) is 20.7. The van der Waals surface area contributed by atoms with Gasteiger partial charge in [-0.2, -0.15) is 0 Å². The lowest BCUT2D eigenvalue weighted by molar-refractivity contribution is -0.371. The molecule has 0 aromatic heterocycles. The lowest BCUT2D eigenvalue weighted by Gasteiger charge is -2.70. The van der Waals surface area contributed by atoms with E-state index in [-0.39, 0.29) is 34.4 Å². The van der Waals surface area contributed by atoms with Crippen LogP contribution in [0.25, 0.3) is 0 Å². The molecular formula is C42H62O16. The smallest absolute Gasteiger partial charge is 0.335 e. The Labute approximate surface area is 337 Å². The highest BCUT2D eigenvalue weighted by Crippen LogP contribution is 2.75. The van der Waals surface area contributed by atoms with Crippen LogP contribution in [0.2, 0.25) is 0 Å². The number of hydrogen-bond acceptors (Lipinski definition) is 13. The minimum Gasteiger partial charge on any atom is -0.481 e. The average molecular weight is 823 g/mol. The number of hydrogen-bond donors (Lipinski definition) is 8. The number of rotatable bonds is 7. The van der Waals surface area contributed by atoms with Gasteiger partial charge in [-0.15, -0.1) is 0 Å². The van der Waals surface area contributed by atoms with E-state index in [1.54, 1.807) is 0 Å². The highest BCUT2D eigenvalue weighted by atomic mass is 16.8. The van der Waals surface area contributed by atoms with Crippen LogP contribution in [0.3, 0.4) is 0 Å². The van der Waals surface area contributed by atoms with Gasteiger partial charge in [0, 0.05) is 5.92 Å². The van der Waals surface area contributed by atoms with Gasteiger partial charge in [0.05, 0.1) is 11.5 Å². The molecule has 0 aromatic rings. The summed E-state index contributed by atoms with van der Waals surface area (Å²) in [6.45, 7) is 14.8. The summed E-state index contributed by atoms with van der Waals surface area (Å²) in [6.07, 6.45) is -12.2. The first-order valence-electron chi connectivity index (χ1n) is 20.7. The SMILES string of the molecule is CC1(C)[C@@H](O[C@@H]2O[C@H](C(=O)O)[C@@H](O)[C@H](O)[C@H]2O[C@@H]2O[C@H](C(=O)O)[C@@H](O)[C@H](O)[C@H]2O)CC[C@]2(C)[C@H]3C(=O)C=C4[C@@H]5C[C@@](C)(C(=O)O)CC[C@]5(C)CC[C@@]4(C)[C@]3(C)CC[C@@H]12. The Morgan fingerprint density at radius 3 is 1.88 bits per heavy atom. The number of aliphatic carboxylic acids is 3. The molecule has 2 saturated heterocycles. The normalized spacial score (nSPS) is 52.6. The summed E-state index contributed by atoms with van der Waals surface area (Å²) in [6, 6.07) is 0. The van der Waals surface area contributed by atoms with Crippen molar-refractivity contribution in [1.82, 2.24) is 0 Å². The van der Waals surface area contributed by atoms with E-state index in [1.165, 1.54) is 0 Å². The van der Waals surface area contributed by atoms with Crippen LogP contribution in [0, 0.1) is 50.2 Å². The molecule has 0 spiro atoms. The largest absolute Gasteiger partial charge is 0.481 e. The number of carboxylic acid groups (broad SMARTS) is 3. The van der Waals surface area contributed by atoms with Gasteiger partial charge in [-0.3, -0.25) is 9.59 Å². The van der Waals surface area contributed by atoms with Crippen LogP contribution in [0.5, 0.6) is 0 Å². The molecule has 6 fully saturated rings. The molecular weight excluding hydrogens is 760 g/mol. The number of carbonyl (C=O) groups excluding carboxylic acids is 1. The van der Waals surface area contributed by atoms with E-state index >= 15 is 0 Å². The second-order valence-corrected chi connectivity index (χ2v) is 20.6. The molecule has 16 heteroatoms. The summed E-state index contributed by atoms with van der Waals surface area (Å²) in [7, 11) is 0. The van der Waals surface area contributed by atoms with Gasteiger partial charge in [-0.05, 0) is 110 Å². The molecule has 16 nitrogen and oxygen atoms in total. The summed E-state index contributed by atoms with van der Waals surface area (Å²) < 4.78 is 23.4. The maximum absolute atomic E-state index is 14.8. The predicted molar refractivity (Wildman–Crippen MR) is 199 cm³/mol. The number of fused-ring (bicyclic) bond motifs is 7. The highest BCUT2D eigenvalue weighted by Gasteiger charge is 2.71. The van der Waals surface area contributed by atoms with E-state index < -0.39 is 107 Å². The van der Waals surface area contributed by atoms with E-state index in [9.17, 15) is 60.0 Å². The lowest BCUT2D eigenvalue weighted by Crippen LogP contribution is -2.68. The van der Waals surface area contributed by atoms with E-state index in [1.807, 2.05) is 26.8 Å². The van der Waals surface area contributed by atoms with Crippen molar-refractivity contribution in [2.24, 2.45) is 50.2 Å². The lowest BCUT2D eigenvalue weighted by atomic mass is 9.33. The van der Waals surface area contributed by atoms with Gasteiger partial charge in [-0.1, -0.05) is 47.1 Å². The molecule has 8 N–H and O–H groups in total. The van der Waals surface area contributed by atoms with E-state index in [0.717, 1.165) is 37.7 Å². The maximum Gasteiger partial charge on any atom is 0.335 e. The molecule has 7 aliphatic rings. The molecule has 0 bridgehead atoms. The number of ether oxygens (including phenoxy) is 4. The fourth-order valence-corrected chi connectivity index (χ4v) is 13.4. The molecule has 0 unspecified atom stereocenters. The molecule has 326 valence electrons. The second kappa shape index (κ2) is 14.3. The van der Waals surface area contributed by atoms with Gasteiger partial charge in [-0.25, -0.2) is 9.59 Å². The summed E-state index contributed by atoms with van der Waals surface area (Å²) in [5.41, 5.74) is -1.81. The molecule has 7 rings (SSSR count). The number of allylic oxidation sites excluding steroid dienone is 2. The summed E-state index contributed by atoms with van der Waals surface area (Å²) in [5, 5.41) is 83.0. The maximum atomic E-state index is 14.8. The number of ketones is 1. The van der Waals surface area contributed by atoms with Crippen molar-refractivity contribution in [3.63, 3.8) is 0 Å². The van der Waals surface area contributed by atoms with E-state index in [2.05, 4.69) is 27.7 Å². The molecule has 58 heavy (non-hydrogen) atoms. The van der Waals surface area contributed by atoms with Gasteiger partial charge in [0.15, 0.2) is 30.6 Å². The van der Waals surface area contributed by atoms with Crippen LogP contribution >= 0.6 is 0 Å². The summed E-state index contributed by atoms with van der Waals surface area (Å²) in [5.74, 6) is -4.47. The van der Waals surface area contributed by atoms with Crippen LogP contribution in [0.15, 0.2) is 11.6 Å². The van der Waals surface area contributed by atoms with Gasteiger partial charge >= 0.3 is 17.9 Å². The van der Waals surface area contributed by atoms with Crippen molar-refractivity contribution in [2.45, 2.75) is 174 Å². The quantitative estimate of drug-likeness (QED) is 0.171. The first kappa shape index (κ1) is 43.5. The zero-order valence-electron chi connectivity index (χ0n) is 34.4. The van der Waals surface area contributed by atoms with Crippen LogP contribution in [0.1, 0.15) is 106 Å². The molecule has 0 radical (unpaired) electrons. The first-order chi connectivity index (χ1) is 26.8. The van der Waals surface area contributed by atoms with E-state index in [4.69, 9.17) is 18.9 Å². The van der Waals surface area contributed by atoms with Crippen LogP contribution < -0.4 is 0 Å². The highest BCUT2D eigenvalue weighted by molar-refractivity contribution is 5.95. The Bertz CT molecular complexity index is 1730. The monoisotopic (exact) mass is 822 g/mol. The topological polar surface area (TPSA) is 267 Å². The van der Waals surface area contributed by atoms with Crippen LogP contribution in [-0.4, -0.2) is 132 Å². The molecule has 5 aliphatic carbocycles. The number of aliphatic hydroxyl groups is 5. The number of aliphatic hydroxyl groups excluding tert-OH is 5. The van der Waals surface area contributed by atoms with Gasteiger partial charge in [0.25, 0.3) is 0 Å². The molecule has 19 atom stereocenters. The average Bonchev–Trinajstić information content (AvgIpc) is 3.13. The number of carboxylic acids is 3. The third-order valence-corrected chi connectivity index (χ3v) is 17.2. The zero-order chi connectivity index (χ0) is 42.9. The third kappa shape index (κ3) is 6.25. The molecule has 4 saturated carbocycles. The van der Waals surface area contributed by atoms with Gasteiger partial charge < -0.3 is 59.8 Å². The molecule has 0 amide bonds. The Kier molecular flexibility index (Phi) is 10.7. The molecule has 2 aliphatic heterocycles. The fraction of sp³-hybridized carbons (Fsp3) is 0.857. The van der Waals surface area contributed by atoms with Crippen molar-refractivity contribution >= 4 is 23.7 Å². The van der Waals surface area contributed by atoms with Gasteiger partial charge in [0.2, 0.25) is 0 Å². The van der Waals surface area contributed by atoms with Crippen molar-refractivity contribution in [3.05, 3.63) is 11.6 Å². The number of carbonyl (C=O) groups is 4. The van der Waals surface area contributed by atoms with Crippen LogP contribution in [0.4, 0.5) is 0 Å². The summed E-state index contributed by atoms with van der Waals surface area (Å²) in [4.78, 5) is 51.3. The van der Waals surface area contributed by atoms with Crippen LogP contribution in [-0.2, 0) is 38.1 Å². The summed E-state index contributed by atoms with van der Waals surface area (Å²) >= 11 is 0. The standard InChI is InChI=1S/C42H62O16/c1-37(2)21-8-11-42(7)31(20(43)16-18-19-17-39(4,36(53)54)13-12-38(19,3)14-15-41(18,42)6)40(21,5)10-9-22(37)55-35-30(26(47)25(46)29(57-35)33(51)52)58-34-27(48)23(44)24(45)28(56-34)32(49)50/h16,19,21-31,34-35,44-48H,8-15,17H2,1-7H3,(H,49,50)(H,51,52)(H,53,54)/t19-,21-,22-,23-,24-,25-,26-,27+,28-,29-,30+,31+,34-,35+,38+,39-,40-,41+,42+/m0/s1. The van der Waals surface area contributed by atoms with Crippen molar-refractivity contribution in [3.8, 4) is 0 Å². The molecule has 2 heterocycles. The second-order valence-electron chi connectivity index (χ2n) is 20.6. The minimum atomic E-state index is -2.05. The third-order valence-electron chi connectivity index (χ3n) is 17.2. The molecule has 0 aromatic carbocycles. The van der Waals surface area contributed by atoms with Gasteiger partial charge in [0.1, 0.15) is 36.6 Å². The Balaban J connectivity index is 1.17.